The van der Waals surface area contributed by atoms with Gasteiger partial charge in [-0.2, -0.15) is 0 Å². The van der Waals surface area contributed by atoms with Crippen molar-refractivity contribution in [3.8, 4) is 0 Å². The summed E-state index contributed by atoms with van der Waals surface area (Å²) in [5.74, 6) is 0.916. The van der Waals surface area contributed by atoms with Gasteiger partial charge in [-0.05, 0) is 31.7 Å². The standard InChI is InChI=1S/C11H18N2O2/c14-11(10-2-1-5-15-10)13-6-8-3-4-12-9(8)7-13/h8-10,12H,1-7H2/t8-,9+,10+/m1/s1. The number of hydrogen-bond donors (Lipinski definition) is 1. The number of hydrogen-bond acceptors (Lipinski definition) is 3. The van der Waals surface area contributed by atoms with Crippen LogP contribution in [0.1, 0.15) is 19.3 Å². The van der Waals surface area contributed by atoms with E-state index in [2.05, 4.69) is 5.32 Å². The van der Waals surface area contributed by atoms with Crippen LogP contribution in [-0.4, -0.2) is 49.2 Å². The van der Waals surface area contributed by atoms with Crippen LogP contribution in [0.15, 0.2) is 0 Å². The van der Waals surface area contributed by atoms with Gasteiger partial charge in [-0.3, -0.25) is 4.79 Å². The molecule has 3 aliphatic rings. The first-order valence-corrected chi connectivity index (χ1v) is 5.98. The molecule has 3 heterocycles. The van der Waals surface area contributed by atoms with E-state index < -0.39 is 0 Å². The molecule has 84 valence electrons. The smallest absolute Gasteiger partial charge is 0.251 e. The van der Waals surface area contributed by atoms with Crippen LogP contribution >= 0.6 is 0 Å². The van der Waals surface area contributed by atoms with Crippen molar-refractivity contribution in [3.63, 3.8) is 0 Å². The van der Waals surface area contributed by atoms with E-state index >= 15 is 0 Å². The van der Waals surface area contributed by atoms with Gasteiger partial charge in [0.25, 0.3) is 5.91 Å². The Morgan fingerprint density at radius 3 is 3.00 bits per heavy atom. The molecule has 0 aromatic carbocycles. The highest BCUT2D eigenvalue weighted by atomic mass is 16.5. The molecule has 3 fully saturated rings. The number of nitrogens with zero attached hydrogens (tertiary/aromatic N) is 1. The predicted octanol–water partition coefficient (Wildman–Crippen LogP) is -0.0143. The molecule has 3 rings (SSSR count). The lowest BCUT2D eigenvalue weighted by molar-refractivity contribution is -0.140. The van der Waals surface area contributed by atoms with Crippen LogP contribution in [0.3, 0.4) is 0 Å². The minimum Gasteiger partial charge on any atom is -0.368 e. The molecule has 0 bridgehead atoms. The zero-order valence-electron chi connectivity index (χ0n) is 8.95. The molecule has 0 aliphatic carbocycles. The van der Waals surface area contributed by atoms with Crippen LogP contribution < -0.4 is 5.32 Å². The highest BCUT2D eigenvalue weighted by Crippen LogP contribution is 2.26. The highest BCUT2D eigenvalue weighted by molar-refractivity contribution is 5.81. The Kier molecular flexibility index (Phi) is 2.41. The zero-order valence-corrected chi connectivity index (χ0v) is 8.95. The second kappa shape index (κ2) is 3.76. The van der Waals surface area contributed by atoms with Crippen molar-refractivity contribution in [1.29, 1.82) is 0 Å². The zero-order chi connectivity index (χ0) is 10.3. The normalized spacial score (nSPS) is 39.7. The first-order valence-electron chi connectivity index (χ1n) is 5.98. The lowest BCUT2D eigenvalue weighted by Gasteiger charge is -2.20. The third-order valence-corrected chi connectivity index (χ3v) is 3.88. The monoisotopic (exact) mass is 210 g/mol. The number of fused-ring (bicyclic) bond motifs is 1. The summed E-state index contributed by atoms with van der Waals surface area (Å²) in [4.78, 5) is 14.0. The second-order valence-electron chi connectivity index (χ2n) is 4.85. The van der Waals surface area contributed by atoms with E-state index in [4.69, 9.17) is 4.74 Å². The molecule has 15 heavy (non-hydrogen) atoms. The summed E-state index contributed by atoms with van der Waals surface area (Å²) in [6.07, 6.45) is 3.04. The number of likely N-dealkylation sites (tertiary alicyclic amines) is 1. The molecule has 0 spiro atoms. The molecule has 4 nitrogen and oxygen atoms in total. The fraction of sp³-hybridized carbons (Fsp3) is 0.909. The quantitative estimate of drug-likeness (QED) is 0.661. The Hall–Kier alpha value is -0.610. The number of carbonyl (C=O) groups excluding carboxylic acids is 1. The van der Waals surface area contributed by atoms with Crippen molar-refractivity contribution in [1.82, 2.24) is 10.2 Å². The van der Waals surface area contributed by atoms with E-state index in [9.17, 15) is 4.79 Å². The van der Waals surface area contributed by atoms with Gasteiger partial charge in [0.05, 0.1) is 0 Å². The first-order chi connectivity index (χ1) is 7.34. The number of carbonyl (C=O) groups is 1. The predicted molar refractivity (Wildman–Crippen MR) is 55.5 cm³/mol. The summed E-state index contributed by atoms with van der Waals surface area (Å²) in [5, 5.41) is 3.46. The average molecular weight is 210 g/mol. The largest absolute Gasteiger partial charge is 0.368 e. The number of rotatable bonds is 1. The summed E-state index contributed by atoms with van der Waals surface area (Å²) >= 11 is 0. The summed E-state index contributed by atoms with van der Waals surface area (Å²) in [6.45, 7) is 3.71. The molecule has 1 amide bonds. The lowest BCUT2D eigenvalue weighted by atomic mass is 10.1. The molecule has 4 heteroatoms. The van der Waals surface area contributed by atoms with E-state index in [1.54, 1.807) is 0 Å². The molecular formula is C11H18N2O2. The van der Waals surface area contributed by atoms with Gasteiger partial charge in [0.15, 0.2) is 0 Å². The molecular weight excluding hydrogens is 192 g/mol. The summed E-state index contributed by atoms with van der Waals surface area (Å²) in [7, 11) is 0. The molecule has 0 aromatic heterocycles. The van der Waals surface area contributed by atoms with Gasteiger partial charge < -0.3 is 15.0 Å². The van der Waals surface area contributed by atoms with Gasteiger partial charge in [0.2, 0.25) is 0 Å². The van der Waals surface area contributed by atoms with E-state index in [0.29, 0.717) is 12.0 Å². The molecule has 3 saturated heterocycles. The molecule has 0 unspecified atom stereocenters. The van der Waals surface area contributed by atoms with Crippen molar-refractivity contribution in [2.75, 3.05) is 26.2 Å². The van der Waals surface area contributed by atoms with Crippen molar-refractivity contribution < 1.29 is 9.53 Å². The summed E-state index contributed by atoms with van der Waals surface area (Å²) in [6, 6.07) is 0.551. The topological polar surface area (TPSA) is 41.6 Å². The minimum atomic E-state index is -0.135. The maximum Gasteiger partial charge on any atom is 0.251 e. The number of amides is 1. The van der Waals surface area contributed by atoms with E-state index in [0.717, 1.165) is 39.1 Å². The first kappa shape index (κ1) is 9.60. The van der Waals surface area contributed by atoms with Crippen LogP contribution in [0, 0.1) is 5.92 Å². The SMILES string of the molecule is O=C([C@@H]1CCCO1)N1C[C@H]2CCN[C@H]2C1. The minimum absolute atomic E-state index is 0.135. The van der Waals surface area contributed by atoms with Crippen LogP contribution in [-0.2, 0) is 9.53 Å². The Labute approximate surface area is 90.0 Å². The highest BCUT2D eigenvalue weighted by Gasteiger charge is 2.40. The fourth-order valence-corrected chi connectivity index (χ4v) is 3.01. The van der Waals surface area contributed by atoms with Gasteiger partial charge in [-0.25, -0.2) is 0 Å². The van der Waals surface area contributed by atoms with Gasteiger partial charge in [0, 0.05) is 25.7 Å². The maximum atomic E-state index is 12.1. The van der Waals surface area contributed by atoms with Crippen LogP contribution in [0.5, 0.6) is 0 Å². The van der Waals surface area contributed by atoms with Crippen LogP contribution in [0.4, 0.5) is 0 Å². The average Bonchev–Trinajstić information content (AvgIpc) is 2.92. The van der Waals surface area contributed by atoms with Crippen LogP contribution in [0.25, 0.3) is 0 Å². The Morgan fingerprint density at radius 1 is 1.33 bits per heavy atom. The second-order valence-corrected chi connectivity index (χ2v) is 4.85. The van der Waals surface area contributed by atoms with E-state index in [-0.39, 0.29) is 12.0 Å². The third kappa shape index (κ3) is 1.66. The Balaban J connectivity index is 1.61. The molecule has 0 radical (unpaired) electrons. The third-order valence-electron chi connectivity index (χ3n) is 3.88. The Bertz CT molecular complexity index is 251. The maximum absolute atomic E-state index is 12.1. The molecule has 3 aliphatic heterocycles. The molecule has 1 N–H and O–H groups in total. The van der Waals surface area contributed by atoms with E-state index in [1.807, 2.05) is 4.90 Å². The van der Waals surface area contributed by atoms with Crippen LogP contribution in [0.2, 0.25) is 0 Å². The Morgan fingerprint density at radius 2 is 2.27 bits per heavy atom. The number of nitrogens with one attached hydrogen (secondary N) is 1. The van der Waals surface area contributed by atoms with Gasteiger partial charge in [0.1, 0.15) is 6.10 Å². The van der Waals surface area contributed by atoms with Crippen molar-refractivity contribution >= 4 is 5.91 Å². The van der Waals surface area contributed by atoms with Gasteiger partial charge >= 0.3 is 0 Å². The fourth-order valence-electron chi connectivity index (χ4n) is 3.01. The lowest BCUT2D eigenvalue weighted by Crippen LogP contribution is -2.39. The van der Waals surface area contributed by atoms with Gasteiger partial charge in [-0.1, -0.05) is 0 Å². The molecule has 3 atom stereocenters. The van der Waals surface area contributed by atoms with Crippen molar-refractivity contribution in [2.24, 2.45) is 5.92 Å². The molecule has 0 aromatic rings. The molecule has 0 saturated carbocycles. The summed E-state index contributed by atoms with van der Waals surface area (Å²) < 4.78 is 5.44. The van der Waals surface area contributed by atoms with Crippen molar-refractivity contribution in [2.45, 2.75) is 31.4 Å². The summed E-state index contributed by atoms with van der Waals surface area (Å²) in [5.41, 5.74) is 0. The van der Waals surface area contributed by atoms with Crippen molar-refractivity contribution in [3.05, 3.63) is 0 Å². The van der Waals surface area contributed by atoms with Gasteiger partial charge in [-0.15, -0.1) is 0 Å². The van der Waals surface area contributed by atoms with E-state index in [1.165, 1.54) is 6.42 Å². The number of ether oxygens (including phenoxy) is 1.